The molecule has 1 atom stereocenters. The molecule has 164 valence electrons. The van der Waals surface area contributed by atoms with E-state index in [2.05, 4.69) is 11.1 Å². The summed E-state index contributed by atoms with van der Waals surface area (Å²) >= 11 is 1.64. The summed E-state index contributed by atoms with van der Waals surface area (Å²) in [4.78, 5) is 17.0. The molecule has 0 radical (unpaired) electrons. The van der Waals surface area contributed by atoms with Gasteiger partial charge in [-0.15, -0.1) is 11.8 Å². The van der Waals surface area contributed by atoms with Gasteiger partial charge in [0.1, 0.15) is 17.1 Å². The molecule has 0 aromatic heterocycles. The van der Waals surface area contributed by atoms with Crippen LogP contribution in [0.15, 0.2) is 53.7 Å². The smallest absolute Gasteiger partial charge is 0.341 e. The number of methoxy groups -OCH3 is 4. The minimum absolute atomic E-state index is 0.164. The molecule has 2 aromatic rings. The molecule has 0 bridgehead atoms. The third kappa shape index (κ3) is 5.82. The Labute approximate surface area is 187 Å². The lowest BCUT2D eigenvalue weighted by molar-refractivity contribution is -0.133. The average Bonchev–Trinajstić information content (AvgIpc) is 3.65. The summed E-state index contributed by atoms with van der Waals surface area (Å²) in [5.74, 6) is 1.48. The van der Waals surface area contributed by atoms with Crippen LogP contribution in [-0.4, -0.2) is 40.0 Å². The van der Waals surface area contributed by atoms with E-state index in [9.17, 15) is 4.79 Å². The molecule has 7 heteroatoms. The fourth-order valence-corrected chi connectivity index (χ4v) is 4.46. The standard InChI is InChI=1S/C24H27NO5S/c1-27-14-22(24(26)30-4)20-7-5-6-8-21(20)23(16-9-10-16)31-15-25-17-11-18(28-2)13-19(12-17)29-3/h5-8,11-16,23H,9-10H2,1-4H3. The SMILES string of the molecule is COC=C(C(=O)OC)c1ccccc1C(SC=Nc1cc(OC)cc(OC)c1)C1CC1. The van der Waals surface area contributed by atoms with Crippen LogP contribution in [0.4, 0.5) is 5.69 Å². The summed E-state index contributed by atoms with van der Waals surface area (Å²) in [6.07, 6.45) is 3.73. The van der Waals surface area contributed by atoms with Crippen LogP contribution in [-0.2, 0) is 14.3 Å². The van der Waals surface area contributed by atoms with Crippen molar-refractivity contribution in [2.75, 3.05) is 28.4 Å². The van der Waals surface area contributed by atoms with Gasteiger partial charge in [-0.05, 0) is 29.9 Å². The van der Waals surface area contributed by atoms with E-state index in [0.29, 0.717) is 23.0 Å². The molecular weight excluding hydrogens is 414 g/mol. The van der Waals surface area contributed by atoms with Gasteiger partial charge in [-0.2, -0.15) is 0 Å². The van der Waals surface area contributed by atoms with E-state index in [1.54, 1.807) is 26.0 Å². The second-order valence-electron chi connectivity index (χ2n) is 7.05. The summed E-state index contributed by atoms with van der Waals surface area (Å²) < 4.78 is 20.8. The van der Waals surface area contributed by atoms with Crippen LogP contribution in [0.25, 0.3) is 5.57 Å². The molecular formula is C24H27NO5S. The fraction of sp³-hybridized carbons (Fsp3) is 0.333. The Morgan fingerprint density at radius 2 is 1.74 bits per heavy atom. The average molecular weight is 442 g/mol. The van der Waals surface area contributed by atoms with Gasteiger partial charge in [0.25, 0.3) is 0 Å². The molecule has 0 amide bonds. The van der Waals surface area contributed by atoms with Gasteiger partial charge in [0.15, 0.2) is 0 Å². The molecule has 1 unspecified atom stereocenters. The van der Waals surface area contributed by atoms with Crippen molar-refractivity contribution in [3.05, 3.63) is 59.9 Å². The number of hydrogen-bond acceptors (Lipinski definition) is 7. The number of carbonyl (C=O) groups is 1. The van der Waals surface area contributed by atoms with Crippen molar-refractivity contribution in [2.45, 2.75) is 18.1 Å². The molecule has 3 rings (SSSR count). The highest BCUT2D eigenvalue weighted by Crippen LogP contribution is 2.50. The predicted octanol–water partition coefficient (Wildman–Crippen LogP) is 5.41. The van der Waals surface area contributed by atoms with E-state index < -0.39 is 5.97 Å². The van der Waals surface area contributed by atoms with E-state index in [1.807, 2.05) is 41.9 Å². The number of rotatable bonds is 10. The molecule has 0 aliphatic heterocycles. The first kappa shape index (κ1) is 22.7. The highest BCUT2D eigenvalue weighted by Gasteiger charge is 2.34. The highest BCUT2D eigenvalue weighted by atomic mass is 32.2. The first-order chi connectivity index (χ1) is 15.1. The lowest BCUT2D eigenvalue weighted by Crippen LogP contribution is -2.09. The zero-order chi connectivity index (χ0) is 22.2. The largest absolute Gasteiger partial charge is 0.503 e. The van der Waals surface area contributed by atoms with E-state index in [4.69, 9.17) is 18.9 Å². The molecule has 31 heavy (non-hydrogen) atoms. The van der Waals surface area contributed by atoms with Crippen LogP contribution >= 0.6 is 11.8 Å². The van der Waals surface area contributed by atoms with Crippen molar-refractivity contribution in [1.82, 2.24) is 0 Å². The maximum atomic E-state index is 12.4. The van der Waals surface area contributed by atoms with Gasteiger partial charge in [0, 0.05) is 23.4 Å². The summed E-state index contributed by atoms with van der Waals surface area (Å²) in [6, 6.07) is 13.4. The Morgan fingerprint density at radius 3 is 2.32 bits per heavy atom. The molecule has 1 fully saturated rings. The number of aliphatic imine (C=N–C) groups is 1. The quantitative estimate of drug-likeness (QED) is 0.162. The van der Waals surface area contributed by atoms with Crippen molar-refractivity contribution in [1.29, 1.82) is 0 Å². The maximum absolute atomic E-state index is 12.4. The van der Waals surface area contributed by atoms with Crippen LogP contribution in [0, 0.1) is 5.92 Å². The number of hydrogen-bond donors (Lipinski definition) is 0. The first-order valence-corrected chi connectivity index (χ1v) is 10.9. The second kappa shape index (κ2) is 10.9. The molecule has 1 saturated carbocycles. The topological polar surface area (TPSA) is 66.4 Å². The zero-order valence-corrected chi connectivity index (χ0v) is 19.0. The zero-order valence-electron chi connectivity index (χ0n) is 18.2. The highest BCUT2D eigenvalue weighted by molar-refractivity contribution is 8.12. The molecule has 0 spiro atoms. The molecule has 6 nitrogen and oxygen atoms in total. The van der Waals surface area contributed by atoms with Crippen molar-refractivity contribution < 1.29 is 23.7 Å². The van der Waals surface area contributed by atoms with Crippen molar-refractivity contribution in [3.63, 3.8) is 0 Å². The van der Waals surface area contributed by atoms with Gasteiger partial charge in [-0.1, -0.05) is 24.3 Å². The lowest BCUT2D eigenvalue weighted by Gasteiger charge is -2.19. The van der Waals surface area contributed by atoms with Crippen LogP contribution in [0.5, 0.6) is 11.5 Å². The first-order valence-electron chi connectivity index (χ1n) is 9.92. The number of ether oxygens (including phenoxy) is 4. The van der Waals surface area contributed by atoms with Gasteiger partial charge >= 0.3 is 5.97 Å². The van der Waals surface area contributed by atoms with E-state index in [1.165, 1.54) is 20.5 Å². The van der Waals surface area contributed by atoms with E-state index in [0.717, 1.165) is 29.7 Å². The van der Waals surface area contributed by atoms with E-state index >= 15 is 0 Å². The number of benzene rings is 2. The molecule has 1 aliphatic carbocycles. The van der Waals surface area contributed by atoms with Gasteiger partial charge in [-0.25, -0.2) is 9.79 Å². The third-order valence-corrected chi connectivity index (χ3v) is 6.15. The number of carbonyl (C=O) groups excluding carboxylic acids is 1. The Morgan fingerprint density at radius 1 is 1.06 bits per heavy atom. The minimum Gasteiger partial charge on any atom is -0.503 e. The summed E-state index contributed by atoms with van der Waals surface area (Å²) in [6.45, 7) is 0. The van der Waals surface area contributed by atoms with Crippen molar-refractivity contribution >= 4 is 34.5 Å². The molecule has 0 heterocycles. The normalized spacial score (nSPS) is 14.9. The lowest BCUT2D eigenvalue weighted by atomic mass is 9.96. The summed E-state index contributed by atoms with van der Waals surface area (Å²) in [5, 5.41) is 0.164. The molecule has 0 N–H and O–H groups in total. The molecule has 0 saturated heterocycles. The Hall–Kier alpha value is -2.93. The van der Waals surface area contributed by atoms with Crippen molar-refractivity contribution in [3.8, 4) is 11.5 Å². The molecule has 2 aromatic carbocycles. The van der Waals surface area contributed by atoms with Crippen LogP contribution < -0.4 is 9.47 Å². The number of thioether (sulfide) groups is 1. The van der Waals surface area contributed by atoms with Crippen LogP contribution in [0.3, 0.4) is 0 Å². The Balaban J connectivity index is 1.89. The van der Waals surface area contributed by atoms with Gasteiger partial charge < -0.3 is 18.9 Å². The van der Waals surface area contributed by atoms with Gasteiger partial charge in [0.05, 0.1) is 45.9 Å². The van der Waals surface area contributed by atoms with Crippen molar-refractivity contribution in [2.24, 2.45) is 10.9 Å². The minimum atomic E-state index is -0.425. The summed E-state index contributed by atoms with van der Waals surface area (Å²) in [5.41, 5.74) is 4.89. The third-order valence-electron chi connectivity index (χ3n) is 4.99. The van der Waals surface area contributed by atoms with Crippen LogP contribution in [0.1, 0.15) is 29.2 Å². The number of nitrogens with zero attached hydrogens (tertiary/aromatic N) is 1. The second-order valence-corrected chi connectivity index (χ2v) is 8.04. The Bertz CT molecular complexity index is 946. The predicted molar refractivity (Wildman–Crippen MR) is 124 cm³/mol. The molecule has 1 aliphatic rings. The fourth-order valence-electron chi connectivity index (χ4n) is 3.30. The number of esters is 1. The van der Waals surface area contributed by atoms with Gasteiger partial charge in [0.2, 0.25) is 0 Å². The van der Waals surface area contributed by atoms with Crippen LogP contribution in [0.2, 0.25) is 0 Å². The maximum Gasteiger partial charge on any atom is 0.341 e. The summed E-state index contributed by atoms with van der Waals surface area (Å²) in [7, 11) is 6.12. The van der Waals surface area contributed by atoms with E-state index in [-0.39, 0.29) is 5.25 Å². The van der Waals surface area contributed by atoms with Gasteiger partial charge in [-0.3, -0.25) is 0 Å². The Kier molecular flexibility index (Phi) is 8.00. The monoisotopic (exact) mass is 441 g/mol.